The third-order valence-electron chi connectivity index (χ3n) is 12.6. The zero-order chi connectivity index (χ0) is 24.6. The predicted octanol–water partition coefficient (Wildman–Crippen LogP) is 7.34. The van der Waals surface area contributed by atoms with Gasteiger partial charge < -0.3 is 10.2 Å². The third-order valence-corrected chi connectivity index (χ3v) is 12.6. The summed E-state index contributed by atoms with van der Waals surface area (Å²) in [7, 11) is 0. The molecule has 4 saturated carbocycles. The van der Waals surface area contributed by atoms with E-state index >= 15 is 0 Å². The third kappa shape index (κ3) is 3.41. The molecule has 3 nitrogen and oxygen atoms in total. The second-order valence-electron chi connectivity index (χ2n) is 14.1. The molecule has 0 aromatic rings. The summed E-state index contributed by atoms with van der Waals surface area (Å²) in [5, 5.41) is 21.3. The molecule has 0 aromatic carbocycles. The highest BCUT2D eigenvalue weighted by Crippen LogP contribution is 2.76. The van der Waals surface area contributed by atoms with Gasteiger partial charge in [-0.3, -0.25) is 4.79 Å². The first-order chi connectivity index (χ1) is 15.2. The van der Waals surface area contributed by atoms with Crippen LogP contribution in [0.3, 0.4) is 0 Å². The molecule has 0 bridgehead atoms. The molecule has 3 heteroatoms. The van der Waals surface area contributed by atoms with Gasteiger partial charge in [0.25, 0.3) is 0 Å². The summed E-state index contributed by atoms with van der Waals surface area (Å²) in [5.41, 5.74) is 1.59. The minimum atomic E-state index is -0.662. The minimum Gasteiger partial charge on any atom is -0.481 e. The van der Waals surface area contributed by atoms with Crippen LogP contribution in [0.4, 0.5) is 0 Å². The number of carboxylic acid groups (broad SMARTS) is 1. The van der Waals surface area contributed by atoms with E-state index in [1.807, 2.05) is 0 Å². The van der Waals surface area contributed by atoms with E-state index in [1.165, 1.54) is 37.7 Å². The van der Waals surface area contributed by atoms with E-state index in [0.29, 0.717) is 35.5 Å². The monoisotopic (exact) mass is 458 g/mol. The van der Waals surface area contributed by atoms with Crippen molar-refractivity contribution < 1.29 is 15.0 Å². The number of fused-ring (bicyclic) bond motifs is 5. The fraction of sp³-hybridized carbons (Fsp3) is 0.900. The molecule has 188 valence electrons. The number of aliphatic hydroxyl groups excluding tert-OH is 1. The van der Waals surface area contributed by atoms with Crippen LogP contribution in [0.15, 0.2) is 12.2 Å². The van der Waals surface area contributed by atoms with Crippen LogP contribution in [0.25, 0.3) is 0 Å². The summed E-state index contributed by atoms with van der Waals surface area (Å²) >= 11 is 0. The van der Waals surface area contributed by atoms with Gasteiger partial charge in [-0.2, -0.15) is 0 Å². The number of aliphatic hydroxyl groups is 1. The number of carboxylic acids is 1. The van der Waals surface area contributed by atoms with Crippen molar-refractivity contribution in [1.29, 1.82) is 0 Å². The average Bonchev–Trinajstić information content (AvgIpc) is 3.07. The summed E-state index contributed by atoms with van der Waals surface area (Å²) in [6, 6.07) is 0. The normalized spacial score (nSPS) is 51.5. The maximum absolute atomic E-state index is 11.7. The van der Waals surface area contributed by atoms with E-state index in [9.17, 15) is 15.0 Å². The van der Waals surface area contributed by atoms with Gasteiger partial charge in [0.05, 0.1) is 6.10 Å². The fourth-order valence-electron chi connectivity index (χ4n) is 10.7. The Bertz CT molecular complexity index is 802. The lowest BCUT2D eigenvalue weighted by Gasteiger charge is -2.71. The summed E-state index contributed by atoms with van der Waals surface area (Å²) in [6.07, 6.45) is 8.83. The predicted molar refractivity (Wildman–Crippen MR) is 135 cm³/mol. The zero-order valence-corrected chi connectivity index (χ0v) is 22.4. The summed E-state index contributed by atoms with van der Waals surface area (Å²) in [6.45, 7) is 21.1. The highest BCUT2D eigenvalue weighted by molar-refractivity contribution is 5.66. The van der Waals surface area contributed by atoms with Gasteiger partial charge in [-0.1, -0.05) is 53.7 Å². The molecule has 2 N–H and O–H groups in total. The van der Waals surface area contributed by atoms with Crippen molar-refractivity contribution in [3.63, 3.8) is 0 Å². The van der Waals surface area contributed by atoms with Gasteiger partial charge in [0, 0.05) is 6.42 Å². The standard InChI is InChI=1S/C30H50O3/c1-18(2)20-11-14-28(6)24(31)17-30(8)22(26(20)28)9-10-23-27(5,15-13-25(32)33)21(19(3)4)12-16-29(23,30)7/h19-24,26,31H,1,9-17H2,2-8H3,(H,32,33)/t20-,21-,22+,23+,24-,26+,27-,28+,29+,30+/m0/s1. The lowest BCUT2D eigenvalue weighted by molar-refractivity contribution is -0.243. The van der Waals surface area contributed by atoms with E-state index in [0.717, 1.165) is 19.3 Å². The average molecular weight is 459 g/mol. The molecule has 4 fully saturated rings. The van der Waals surface area contributed by atoms with Crippen LogP contribution in [0, 0.1) is 57.2 Å². The molecule has 0 spiro atoms. The molecule has 0 saturated heterocycles. The van der Waals surface area contributed by atoms with Gasteiger partial charge in [0.15, 0.2) is 0 Å². The van der Waals surface area contributed by atoms with Gasteiger partial charge in [-0.15, -0.1) is 0 Å². The molecule has 33 heavy (non-hydrogen) atoms. The van der Waals surface area contributed by atoms with Crippen molar-refractivity contribution in [2.24, 2.45) is 57.2 Å². The molecule has 0 aliphatic heterocycles. The minimum absolute atomic E-state index is 0.0126. The lowest BCUT2D eigenvalue weighted by atomic mass is 9.33. The van der Waals surface area contributed by atoms with E-state index in [-0.39, 0.29) is 34.2 Å². The highest BCUT2D eigenvalue weighted by Gasteiger charge is 2.70. The summed E-state index contributed by atoms with van der Waals surface area (Å²) < 4.78 is 0. The van der Waals surface area contributed by atoms with Gasteiger partial charge in [0.2, 0.25) is 0 Å². The van der Waals surface area contributed by atoms with Gasteiger partial charge in [-0.05, 0) is 115 Å². The van der Waals surface area contributed by atoms with Crippen LogP contribution >= 0.6 is 0 Å². The molecule has 4 aliphatic carbocycles. The van der Waals surface area contributed by atoms with E-state index in [4.69, 9.17) is 0 Å². The topological polar surface area (TPSA) is 57.5 Å². The summed E-state index contributed by atoms with van der Waals surface area (Å²) in [4.78, 5) is 11.7. The van der Waals surface area contributed by atoms with Crippen molar-refractivity contribution in [2.45, 2.75) is 112 Å². The Labute approximate surface area is 202 Å². The largest absolute Gasteiger partial charge is 0.481 e. The number of aliphatic carboxylic acids is 1. The number of rotatable bonds is 5. The first kappa shape index (κ1) is 25.3. The summed E-state index contributed by atoms with van der Waals surface area (Å²) in [5.74, 6) is 2.67. The van der Waals surface area contributed by atoms with Crippen molar-refractivity contribution in [3.05, 3.63) is 12.2 Å². The SMILES string of the molecule is C=C(C)[C@@H]1CC[C@@]2(C)[C@H]1[C@H]1CC[C@@H]3[C@@](C)(CCC(=O)O)[C@H](C(C)C)CC[C@@]3(C)[C@]1(C)C[C@@H]2O. The molecular weight excluding hydrogens is 408 g/mol. The van der Waals surface area contributed by atoms with E-state index in [2.05, 4.69) is 55.0 Å². The highest BCUT2D eigenvalue weighted by atomic mass is 16.4. The molecule has 0 aromatic heterocycles. The Morgan fingerprint density at radius 1 is 1.03 bits per heavy atom. The van der Waals surface area contributed by atoms with E-state index < -0.39 is 5.97 Å². The van der Waals surface area contributed by atoms with Crippen LogP contribution < -0.4 is 0 Å². The second kappa shape index (κ2) is 8.10. The van der Waals surface area contributed by atoms with Gasteiger partial charge in [-0.25, -0.2) is 0 Å². The van der Waals surface area contributed by atoms with Gasteiger partial charge >= 0.3 is 5.97 Å². The van der Waals surface area contributed by atoms with Crippen LogP contribution in [-0.4, -0.2) is 22.3 Å². The molecule has 0 unspecified atom stereocenters. The zero-order valence-electron chi connectivity index (χ0n) is 22.4. The number of hydrogen-bond acceptors (Lipinski definition) is 2. The Morgan fingerprint density at radius 3 is 2.27 bits per heavy atom. The number of hydrogen-bond donors (Lipinski definition) is 2. The smallest absolute Gasteiger partial charge is 0.303 e. The Balaban J connectivity index is 1.77. The lowest BCUT2D eigenvalue weighted by Crippen LogP contribution is -2.66. The quantitative estimate of drug-likeness (QED) is 0.424. The van der Waals surface area contributed by atoms with Crippen molar-refractivity contribution in [2.75, 3.05) is 0 Å². The maximum Gasteiger partial charge on any atom is 0.303 e. The first-order valence-electron chi connectivity index (χ1n) is 13.8. The Morgan fingerprint density at radius 2 is 1.70 bits per heavy atom. The molecule has 4 aliphatic rings. The molecule has 10 atom stereocenters. The van der Waals surface area contributed by atoms with Crippen LogP contribution in [-0.2, 0) is 4.79 Å². The fourth-order valence-corrected chi connectivity index (χ4v) is 10.7. The van der Waals surface area contributed by atoms with Crippen LogP contribution in [0.1, 0.15) is 106 Å². The Hall–Kier alpha value is -0.830. The molecule has 0 amide bonds. The first-order valence-corrected chi connectivity index (χ1v) is 13.8. The van der Waals surface area contributed by atoms with Crippen molar-refractivity contribution >= 4 is 5.97 Å². The molecule has 4 rings (SSSR count). The molecular formula is C30H50O3. The molecule has 0 heterocycles. The van der Waals surface area contributed by atoms with E-state index in [1.54, 1.807) is 0 Å². The number of carbonyl (C=O) groups is 1. The number of allylic oxidation sites excluding steroid dienone is 1. The maximum atomic E-state index is 11.7. The van der Waals surface area contributed by atoms with Crippen molar-refractivity contribution in [1.82, 2.24) is 0 Å². The van der Waals surface area contributed by atoms with Gasteiger partial charge in [0.1, 0.15) is 0 Å². The Kier molecular flexibility index (Phi) is 6.21. The second-order valence-corrected chi connectivity index (χ2v) is 14.1. The van der Waals surface area contributed by atoms with Crippen molar-refractivity contribution in [3.8, 4) is 0 Å². The molecule has 0 radical (unpaired) electrons. The van der Waals surface area contributed by atoms with Crippen LogP contribution in [0.2, 0.25) is 0 Å². The van der Waals surface area contributed by atoms with Crippen LogP contribution in [0.5, 0.6) is 0 Å².